The molecule has 4 unspecified atom stereocenters. The van der Waals surface area contributed by atoms with Gasteiger partial charge in [0.1, 0.15) is 0 Å². The number of hydrogen-bond donors (Lipinski definition) is 0. The normalized spacial score (nSPS) is 61.9. The fourth-order valence-electron chi connectivity index (χ4n) is 13.3. The van der Waals surface area contributed by atoms with E-state index in [-0.39, 0.29) is 0 Å². The van der Waals surface area contributed by atoms with Crippen molar-refractivity contribution >= 4 is 0 Å². The van der Waals surface area contributed by atoms with Gasteiger partial charge in [0.05, 0.1) is 0 Å². The van der Waals surface area contributed by atoms with Crippen LogP contribution >= 0.6 is 0 Å². The monoisotopic (exact) mass is 402 g/mol. The van der Waals surface area contributed by atoms with E-state index in [9.17, 15) is 0 Å². The third-order valence-electron chi connectivity index (χ3n) is 11.1. The Bertz CT molecular complexity index is 826. The van der Waals surface area contributed by atoms with Crippen LogP contribution in [0.4, 0.5) is 0 Å². The Hall–Kier alpha value is -0.880. The van der Waals surface area contributed by atoms with E-state index in [0.29, 0.717) is 43.3 Å². The highest BCUT2D eigenvalue weighted by Gasteiger charge is 2.75. The molecule has 0 saturated heterocycles. The maximum absolute atomic E-state index is 3.87. The molecule has 8 bridgehead atoms. The molecule has 4 atom stereocenters. The fraction of sp³-hybridized carbons (Fsp3) is 0.867. The van der Waals surface area contributed by atoms with Gasteiger partial charge < -0.3 is 0 Å². The molecule has 0 aromatic carbocycles. The molecule has 0 radical (unpaired) electrons. The summed E-state index contributed by atoms with van der Waals surface area (Å²) in [5, 5.41) is 0. The van der Waals surface area contributed by atoms with Crippen LogP contribution in [0.1, 0.15) is 119 Å². The average molecular weight is 403 g/mol. The molecule has 8 saturated carbocycles. The van der Waals surface area contributed by atoms with Gasteiger partial charge in [0.2, 0.25) is 0 Å². The minimum atomic E-state index is 0.293. The standard InChI is InChI=1S/C30H42/c1-7-9-27-13-23(3)11-24(4,14-27)18-29(17-23,21-27)30-19-25(5)12-26(6,20-30)16-28(15-25,22-30)10-8-2/h11-22H2,1-6H3. The summed E-state index contributed by atoms with van der Waals surface area (Å²) in [6.07, 6.45) is 17.0. The molecular weight excluding hydrogens is 360 g/mol. The van der Waals surface area contributed by atoms with Crippen LogP contribution in [0.15, 0.2) is 0 Å². The van der Waals surface area contributed by atoms with Crippen molar-refractivity contribution in [3.63, 3.8) is 0 Å². The summed E-state index contributed by atoms with van der Waals surface area (Å²) in [5.74, 6) is 14.6. The van der Waals surface area contributed by atoms with Crippen molar-refractivity contribution in [2.75, 3.05) is 0 Å². The Labute approximate surface area is 185 Å². The second-order valence-electron chi connectivity index (χ2n) is 15.2. The smallest absolute Gasteiger partial charge is 0.0330 e. The second-order valence-corrected chi connectivity index (χ2v) is 15.2. The summed E-state index contributed by atoms with van der Waals surface area (Å²) in [6.45, 7) is 14.8. The van der Waals surface area contributed by atoms with Crippen LogP contribution < -0.4 is 0 Å². The molecule has 0 aromatic heterocycles. The van der Waals surface area contributed by atoms with E-state index in [1.807, 2.05) is 0 Å². The molecular formula is C30H42. The Morgan fingerprint density at radius 2 is 0.700 bits per heavy atom. The van der Waals surface area contributed by atoms with Gasteiger partial charge in [-0.05, 0) is 123 Å². The lowest BCUT2D eigenvalue weighted by Crippen LogP contribution is -2.70. The molecule has 30 heavy (non-hydrogen) atoms. The molecule has 8 aliphatic rings. The van der Waals surface area contributed by atoms with E-state index in [0.717, 1.165) is 0 Å². The van der Waals surface area contributed by atoms with Crippen LogP contribution in [-0.4, -0.2) is 0 Å². The quantitative estimate of drug-likeness (QED) is 0.393. The summed E-state index contributed by atoms with van der Waals surface area (Å²) in [4.78, 5) is 0. The van der Waals surface area contributed by atoms with Crippen molar-refractivity contribution in [3.8, 4) is 23.7 Å². The van der Waals surface area contributed by atoms with Gasteiger partial charge in [-0.25, -0.2) is 0 Å². The molecule has 0 aromatic rings. The van der Waals surface area contributed by atoms with Crippen LogP contribution in [0.5, 0.6) is 0 Å². The average Bonchev–Trinajstić information content (AvgIpc) is 2.47. The molecule has 0 heterocycles. The Morgan fingerprint density at radius 1 is 0.400 bits per heavy atom. The van der Waals surface area contributed by atoms with E-state index < -0.39 is 0 Å². The van der Waals surface area contributed by atoms with Crippen molar-refractivity contribution < 1.29 is 0 Å². The lowest BCUT2D eigenvalue weighted by molar-refractivity contribution is -0.283. The molecule has 162 valence electrons. The molecule has 0 nitrogen and oxygen atoms in total. The van der Waals surface area contributed by atoms with E-state index in [4.69, 9.17) is 0 Å². The first-order valence-corrected chi connectivity index (χ1v) is 12.7. The highest BCUT2D eigenvalue weighted by Crippen LogP contribution is 2.85. The molecule has 8 fully saturated rings. The SMILES string of the molecule is CC#CC12CC3(C)CC(C)(C1)CC(C14CC5(C)CC(C)(CC(C#CC)(C5)C1)C4)(C3)C2. The first-order chi connectivity index (χ1) is 13.9. The highest BCUT2D eigenvalue weighted by molar-refractivity contribution is 5.32. The lowest BCUT2D eigenvalue weighted by Gasteiger charge is -2.79. The molecule has 0 heteroatoms. The van der Waals surface area contributed by atoms with Gasteiger partial charge in [-0.1, -0.05) is 39.5 Å². The second kappa shape index (κ2) is 5.19. The predicted octanol–water partition coefficient (Wildman–Crippen LogP) is 7.77. The van der Waals surface area contributed by atoms with Crippen LogP contribution in [0.3, 0.4) is 0 Å². The third kappa shape index (κ3) is 2.38. The van der Waals surface area contributed by atoms with Gasteiger partial charge in [-0.2, -0.15) is 0 Å². The molecule has 0 aliphatic heterocycles. The zero-order chi connectivity index (χ0) is 21.3. The van der Waals surface area contributed by atoms with Crippen molar-refractivity contribution in [2.45, 2.75) is 119 Å². The summed E-state index contributed by atoms with van der Waals surface area (Å²) in [7, 11) is 0. The zero-order valence-corrected chi connectivity index (χ0v) is 20.5. The van der Waals surface area contributed by atoms with E-state index in [2.05, 4.69) is 65.2 Å². The first-order valence-electron chi connectivity index (χ1n) is 12.7. The minimum absolute atomic E-state index is 0.293. The van der Waals surface area contributed by atoms with Gasteiger partial charge in [0, 0.05) is 10.8 Å². The minimum Gasteiger partial charge on any atom is -0.106 e. The topological polar surface area (TPSA) is 0 Å². The van der Waals surface area contributed by atoms with Crippen LogP contribution in [0.2, 0.25) is 0 Å². The summed E-state index contributed by atoms with van der Waals surface area (Å²) >= 11 is 0. The Balaban J connectivity index is 1.54. The Morgan fingerprint density at radius 3 is 0.967 bits per heavy atom. The van der Waals surface area contributed by atoms with Crippen molar-refractivity contribution in [1.82, 2.24) is 0 Å². The van der Waals surface area contributed by atoms with Crippen molar-refractivity contribution in [3.05, 3.63) is 0 Å². The van der Waals surface area contributed by atoms with E-state index in [1.165, 1.54) is 77.0 Å². The van der Waals surface area contributed by atoms with Gasteiger partial charge in [0.25, 0.3) is 0 Å². The summed E-state index contributed by atoms with van der Waals surface area (Å²) < 4.78 is 0. The number of rotatable bonds is 1. The van der Waals surface area contributed by atoms with Crippen LogP contribution in [0.25, 0.3) is 0 Å². The van der Waals surface area contributed by atoms with Crippen LogP contribution in [0, 0.1) is 67.0 Å². The van der Waals surface area contributed by atoms with Crippen LogP contribution in [-0.2, 0) is 0 Å². The van der Waals surface area contributed by atoms with Gasteiger partial charge >= 0.3 is 0 Å². The molecule has 0 amide bonds. The predicted molar refractivity (Wildman–Crippen MR) is 124 cm³/mol. The van der Waals surface area contributed by atoms with E-state index >= 15 is 0 Å². The maximum Gasteiger partial charge on any atom is 0.0330 e. The number of hydrogen-bond acceptors (Lipinski definition) is 0. The maximum atomic E-state index is 3.87. The van der Waals surface area contributed by atoms with E-state index in [1.54, 1.807) is 0 Å². The molecule has 0 N–H and O–H groups in total. The van der Waals surface area contributed by atoms with Crippen molar-refractivity contribution in [2.24, 2.45) is 43.3 Å². The largest absolute Gasteiger partial charge is 0.106 e. The zero-order valence-electron chi connectivity index (χ0n) is 20.5. The lowest BCUT2D eigenvalue weighted by atomic mass is 9.25. The highest BCUT2D eigenvalue weighted by atomic mass is 14.8. The Kier molecular flexibility index (Phi) is 3.42. The van der Waals surface area contributed by atoms with Gasteiger partial charge in [0.15, 0.2) is 0 Å². The summed E-state index contributed by atoms with van der Waals surface area (Å²) in [5.41, 5.74) is 3.59. The molecule has 0 spiro atoms. The van der Waals surface area contributed by atoms with Crippen molar-refractivity contribution in [1.29, 1.82) is 0 Å². The van der Waals surface area contributed by atoms with Gasteiger partial charge in [-0.15, -0.1) is 11.8 Å². The summed E-state index contributed by atoms with van der Waals surface area (Å²) in [6, 6.07) is 0. The first kappa shape index (κ1) is 19.8. The third-order valence-corrected chi connectivity index (χ3v) is 11.1. The molecule has 8 rings (SSSR count). The van der Waals surface area contributed by atoms with Gasteiger partial charge in [-0.3, -0.25) is 0 Å². The molecule has 8 aliphatic carbocycles. The fourth-order valence-corrected chi connectivity index (χ4v) is 13.3.